The van der Waals surface area contributed by atoms with Crippen molar-refractivity contribution in [2.24, 2.45) is 0 Å². The number of aromatic carboxylic acids is 1. The lowest BCUT2D eigenvalue weighted by Crippen LogP contribution is -2.25. The van der Waals surface area contributed by atoms with E-state index in [9.17, 15) is 18.4 Å². The van der Waals surface area contributed by atoms with Crippen molar-refractivity contribution < 1.29 is 23.5 Å². The summed E-state index contributed by atoms with van der Waals surface area (Å²) in [5.41, 5.74) is -0.589. The van der Waals surface area contributed by atoms with E-state index in [1.54, 1.807) is 0 Å². The molecule has 1 aromatic carbocycles. The summed E-state index contributed by atoms with van der Waals surface area (Å²) < 4.78 is 26.0. The predicted octanol–water partition coefficient (Wildman–Crippen LogP) is 1.32. The first-order valence-electron chi connectivity index (χ1n) is 5.48. The molecule has 1 amide bonds. The highest BCUT2D eigenvalue weighted by Crippen LogP contribution is 2.10. The SMILES string of the molecule is O=C(NCc1ccc(F)cc1F)c1nc[nH]c1C(=O)O. The molecule has 0 saturated carbocycles. The van der Waals surface area contributed by atoms with E-state index in [-0.39, 0.29) is 23.5 Å². The minimum atomic E-state index is -1.33. The van der Waals surface area contributed by atoms with Crippen LogP contribution >= 0.6 is 0 Å². The first kappa shape index (κ1) is 13.7. The highest BCUT2D eigenvalue weighted by atomic mass is 19.1. The van der Waals surface area contributed by atoms with Gasteiger partial charge in [0.05, 0.1) is 6.33 Å². The molecule has 6 nitrogen and oxygen atoms in total. The Labute approximate surface area is 111 Å². The van der Waals surface area contributed by atoms with Crippen molar-refractivity contribution >= 4 is 11.9 Å². The van der Waals surface area contributed by atoms with E-state index in [1.807, 2.05) is 0 Å². The number of amides is 1. The van der Waals surface area contributed by atoms with Crippen molar-refractivity contribution in [3.63, 3.8) is 0 Å². The Kier molecular flexibility index (Phi) is 3.74. The van der Waals surface area contributed by atoms with E-state index in [2.05, 4.69) is 15.3 Å². The topological polar surface area (TPSA) is 95.1 Å². The number of nitrogens with zero attached hydrogens (tertiary/aromatic N) is 1. The monoisotopic (exact) mass is 281 g/mol. The van der Waals surface area contributed by atoms with Crippen LogP contribution in [0.25, 0.3) is 0 Å². The van der Waals surface area contributed by atoms with Gasteiger partial charge in [-0.05, 0) is 6.07 Å². The largest absolute Gasteiger partial charge is 0.477 e. The van der Waals surface area contributed by atoms with Crippen molar-refractivity contribution in [1.29, 1.82) is 0 Å². The number of carboxylic acids is 1. The summed E-state index contributed by atoms with van der Waals surface area (Å²) in [6.45, 7) is -0.211. The molecule has 0 spiro atoms. The van der Waals surface area contributed by atoms with Gasteiger partial charge in [0.15, 0.2) is 11.4 Å². The number of aromatic nitrogens is 2. The van der Waals surface area contributed by atoms with Crippen LogP contribution in [0.3, 0.4) is 0 Å². The van der Waals surface area contributed by atoms with E-state index in [0.717, 1.165) is 12.4 Å². The molecule has 0 radical (unpaired) electrons. The van der Waals surface area contributed by atoms with Crippen LogP contribution in [0, 0.1) is 11.6 Å². The van der Waals surface area contributed by atoms with E-state index in [0.29, 0.717) is 6.07 Å². The van der Waals surface area contributed by atoms with Crippen LogP contribution in [0.1, 0.15) is 26.5 Å². The Hall–Kier alpha value is -2.77. The van der Waals surface area contributed by atoms with Crippen LogP contribution in [0.5, 0.6) is 0 Å². The zero-order valence-electron chi connectivity index (χ0n) is 9.98. The first-order valence-corrected chi connectivity index (χ1v) is 5.48. The van der Waals surface area contributed by atoms with Gasteiger partial charge in [0.2, 0.25) is 0 Å². The van der Waals surface area contributed by atoms with Crippen molar-refractivity contribution in [2.75, 3.05) is 0 Å². The predicted molar refractivity (Wildman–Crippen MR) is 63.1 cm³/mol. The molecule has 2 aromatic rings. The Morgan fingerprint density at radius 1 is 1.35 bits per heavy atom. The maximum absolute atomic E-state index is 13.3. The molecule has 8 heteroatoms. The van der Waals surface area contributed by atoms with Gasteiger partial charge in [0.1, 0.15) is 11.6 Å². The van der Waals surface area contributed by atoms with Crippen LogP contribution in [0.4, 0.5) is 8.78 Å². The van der Waals surface area contributed by atoms with Gasteiger partial charge < -0.3 is 15.4 Å². The molecule has 2 rings (SSSR count). The summed E-state index contributed by atoms with van der Waals surface area (Å²) in [4.78, 5) is 28.4. The number of hydrogen-bond donors (Lipinski definition) is 3. The van der Waals surface area contributed by atoms with Gasteiger partial charge in [-0.3, -0.25) is 4.79 Å². The second-order valence-corrected chi connectivity index (χ2v) is 3.85. The van der Waals surface area contributed by atoms with Gasteiger partial charge in [-0.2, -0.15) is 0 Å². The smallest absolute Gasteiger partial charge is 0.354 e. The second-order valence-electron chi connectivity index (χ2n) is 3.85. The van der Waals surface area contributed by atoms with Crippen molar-refractivity contribution in [1.82, 2.24) is 15.3 Å². The third-order valence-electron chi connectivity index (χ3n) is 2.52. The molecule has 0 saturated heterocycles. The fourth-order valence-corrected chi connectivity index (χ4v) is 1.55. The Balaban J connectivity index is 2.09. The lowest BCUT2D eigenvalue weighted by molar-refractivity contribution is 0.0685. The third kappa shape index (κ3) is 2.79. The zero-order valence-corrected chi connectivity index (χ0v) is 9.98. The number of H-pyrrole nitrogens is 1. The molecule has 0 atom stereocenters. The zero-order chi connectivity index (χ0) is 14.7. The molecule has 0 bridgehead atoms. The second kappa shape index (κ2) is 5.47. The Bertz CT molecular complexity index is 670. The maximum atomic E-state index is 13.3. The summed E-state index contributed by atoms with van der Waals surface area (Å²) in [6.07, 6.45) is 1.07. The quantitative estimate of drug-likeness (QED) is 0.787. The number of carbonyl (C=O) groups is 2. The summed E-state index contributed by atoms with van der Waals surface area (Å²) >= 11 is 0. The standard InChI is InChI=1S/C12H9F2N3O3/c13-7-2-1-6(8(14)3-7)4-15-11(18)9-10(12(19)20)17-5-16-9/h1-3,5H,4H2,(H,15,18)(H,16,17)(H,19,20). The first-order chi connectivity index (χ1) is 9.49. The number of imidazole rings is 1. The van der Waals surface area contributed by atoms with Gasteiger partial charge in [0.25, 0.3) is 5.91 Å². The van der Waals surface area contributed by atoms with Crippen LogP contribution < -0.4 is 5.32 Å². The van der Waals surface area contributed by atoms with E-state index >= 15 is 0 Å². The van der Waals surface area contributed by atoms with Crippen LogP contribution in [0.15, 0.2) is 24.5 Å². The molecule has 0 aliphatic heterocycles. The summed E-state index contributed by atoms with van der Waals surface area (Å²) in [7, 11) is 0. The van der Waals surface area contributed by atoms with Crippen LogP contribution in [-0.2, 0) is 6.54 Å². The van der Waals surface area contributed by atoms with Crippen molar-refractivity contribution in [3.8, 4) is 0 Å². The number of aromatic amines is 1. The van der Waals surface area contributed by atoms with E-state index < -0.39 is 23.5 Å². The fourth-order valence-electron chi connectivity index (χ4n) is 1.55. The average Bonchev–Trinajstić information content (AvgIpc) is 2.86. The highest BCUT2D eigenvalue weighted by molar-refractivity contribution is 6.02. The highest BCUT2D eigenvalue weighted by Gasteiger charge is 2.19. The molecule has 104 valence electrons. The van der Waals surface area contributed by atoms with Gasteiger partial charge >= 0.3 is 5.97 Å². The average molecular weight is 281 g/mol. The number of carbonyl (C=O) groups excluding carboxylic acids is 1. The molecular weight excluding hydrogens is 272 g/mol. The van der Waals surface area contributed by atoms with Crippen LogP contribution in [-0.4, -0.2) is 27.0 Å². The molecule has 0 aliphatic carbocycles. The summed E-state index contributed by atoms with van der Waals surface area (Å²) in [5, 5.41) is 11.1. The molecular formula is C12H9F2N3O3. The van der Waals surface area contributed by atoms with Gasteiger partial charge in [-0.1, -0.05) is 6.07 Å². The van der Waals surface area contributed by atoms with Gasteiger partial charge in [0, 0.05) is 18.2 Å². The van der Waals surface area contributed by atoms with Crippen molar-refractivity contribution in [3.05, 3.63) is 53.1 Å². The van der Waals surface area contributed by atoms with E-state index in [1.165, 1.54) is 6.07 Å². The fraction of sp³-hybridized carbons (Fsp3) is 0.0833. The minimum absolute atomic E-state index is 0.0761. The van der Waals surface area contributed by atoms with Crippen LogP contribution in [0.2, 0.25) is 0 Å². The molecule has 1 heterocycles. The molecule has 20 heavy (non-hydrogen) atoms. The third-order valence-corrected chi connectivity index (χ3v) is 2.52. The summed E-state index contributed by atoms with van der Waals surface area (Å²) in [5.74, 6) is -3.63. The molecule has 1 aromatic heterocycles. The molecule has 3 N–H and O–H groups in total. The van der Waals surface area contributed by atoms with Crippen molar-refractivity contribution in [2.45, 2.75) is 6.54 Å². The minimum Gasteiger partial charge on any atom is -0.477 e. The number of nitrogens with one attached hydrogen (secondary N) is 2. The number of hydrogen-bond acceptors (Lipinski definition) is 3. The normalized spacial score (nSPS) is 10.3. The Morgan fingerprint density at radius 2 is 2.10 bits per heavy atom. The number of carboxylic acid groups (broad SMARTS) is 1. The molecule has 0 aliphatic rings. The lowest BCUT2D eigenvalue weighted by atomic mass is 10.2. The number of rotatable bonds is 4. The van der Waals surface area contributed by atoms with Gasteiger partial charge in [-0.25, -0.2) is 18.6 Å². The number of benzene rings is 1. The Morgan fingerprint density at radius 3 is 2.75 bits per heavy atom. The van der Waals surface area contributed by atoms with Gasteiger partial charge in [-0.15, -0.1) is 0 Å². The molecule has 0 unspecified atom stereocenters. The number of halogens is 2. The maximum Gasteiger partial charge on any atom is 0.354 e. The molecule has 0 fully saturated rings. The van der Waals surface area contributed by atoms with E-state index in [4.69, 9.17) is 5.11 Å². The summed E-state index contributed by atoms with van der Waals surface area (Å²) in [6, 6.07) is 2.94. The lowest BCUT2D eigenvalue weighted by Gasteiger charge is -2.05.